The Morgan fingerprint density at radius 2 is 1.86 bits per heavy atom. The van der Waals surface area contributed by atoms with Crippen LogP contribution in [-0.2, 0) is 11.2 Å². The fourth-order valence-corrected chi connectivity index (χ4v) is 3.50. The molecule has 1 saturated heterocycles. The van der Waals surface area contributed by atoms with Crippen LogP contribution in [0.25, 0.3) is 6.08 Å². The number of thioether (sulfide) groups is 1. The van der Waals surface area contributed by atoms with Gasteiger partial charge in [0.1, 0.15) is 0 Å². The lowest BCUT2D eigenvalue weighted by Crippen LogP contribution is -2.46. The number of carbonyl (C=O) groups is 1. The number of nitrogens with zero attached hydrogens (tertiary/aromatic N) is 3. The third kappa shape index (κ3) is 3.42. The van der Waals surface area contributed by atoms with E-state index in [9.17, 15) is 4.79 Å². The molecular formula is C17H21N3OS. The number of hydrogen-bond donors (Lipinski definition) is 0. The van der Waals surface area contributed by atoms with Crippen molar-refractivity contribution in [3.63, 3.8) is 0 Å². The van der Waals surface area contributed by atoms with E-state index in [1.807, 2.05) is 6.08 Å². The van der Waals surface area contributed by atoms with Crippen molar-refractivity contribution >= 4 is 28.9 Å². The van der Waals surface area contributed by atoms with Crippen molar-refractivity contribution < 1.29 is 4.79 Å². The molecule has 22 heavy (non-hydrogen) atoms. The van der Waals surface area contributed by atoms with Crippen LogP contribution >= 0.6 is 11.8 Å². The van der Waals surface area contributed by atoms with Crippen LogP contribution in [0.3, 0.4) is 0 Å². The van der Waals surface area contributed by atoms with Crippen molar-refractivity contribution in [3.8, 4) is 0 Å². The van der Waals surface area contributed by atoms with Gasteiger partial charge in [0.05, 0.1) is 4.91 Å². The lowest BCUT2D eigenvalue weighted by atomic mass is 10.1. The summed E-state index contributed by atoms with van der Waals surface area (Å²) < 4.78 is 0. The molecule has 1 aromatic carbocycles. The highest BCUT2D eigenvalue weighted by Gasteiger charge is 2.27. The molecule has 0 aliphatic carbocycles. The van der Waals surface area contributed by atoms with Gasteiger partial charge in [0.2, 0.25) is 0 Å². The molecule has 2 aliphatic rings. The molecule has 1 amide bonds. The number of piperazine rings is 1. The van der Waals surface area contributed by atoms with Crippen molar-refractivity contribution in [1.29, 1.82) is 0 Å². The van der Waals surface area contributed by atoms with Crippen LogP contribution in [0.4, 0.5) is 0 Å². The first-order valence-electron chi connectivity index (χ1n) is 7.70. The minimum absolute atomic E-state index is 0.113. The van der Waals surface area contributed by atoms with Gasteiger partial charge in [-0.05, 0) is 42.4 Å². The molecule has 0 saturated carbocycles. The summed E-state index contributed by atoms with van der Waals surface area (Å²) in [4.78, 5) is 21.6. The fraction of sp³-hybridized carbons (Fsp3) is 0.412. The third-order valence-electron chi connectivity index (χ3n) is 4.07. The Bertz CT molecular complexity index is 613. The number of benzene rings is 1. The molecule has 3 rings (SSSR count). The van der Waals surface area contributed by atoms with E-state index in [1.54, 1.807) is 0 Å². The molecule has 116 valence electrons. The largest absolute Gasteiger partial charge is 0.348 e. The highest BCUT2D eigenvalue weighted by Crippen LogP contribution is 2.30. The second-order valence-corrected chi connectivity index (χ2v) is 6.70. The summed E-state index contributed by atoms with van der Waals surface area (Å²) in [7, 11) is 2.12. The summed E-state index contributed by atoms with van der Waals surface area (Å²) in [5.74, 6) is -0.113. The number of aliphatic imine (C=N–C) groups is 1. The second kappa shape index (κ2) is 6.67. The Morgan fingerprint density at radius 1 is 1.18 bits per heavy atom. The predicted molar refractivity (Wildman–Crippen MR) is 92.9 cm³/mol. The van der Waals surface area contributed by atoms with Gasteiger partial charge in [-0.3, -0.25) is 4.79 Å². The Labute approximate surface area is 135 Å². The normalized spacial score (nSPS) is 21.5. The molecule has 0 aromatic heterocycles. The van der Waals surface area contributed by atoms with Gasteiger partial charge in [0.25, 0.3) is 5.91 Å². The molecule has 2 heterocycles. The van der Waals surface area contributed by atoms with Gasteiger partial charge in [0.15, 0.2) is 5.17 Å². The average Bonchev–Trinajstić information content (AvgIpc) is 2.90. The second-order valence-electron chi connectivity index (χ2n) is 5.70. The molecular weight excluding hydrogens is 294 g/mol. The highest BCUT2D eigenvalue weighted by atomic mass is 32.2. The summed E-state index contributed by atoms with van der Waals surface area (Å²) in [6.45, 7) is 6.05. The van der Waals surface area contributed by atoms with Crippen LogP contribution in [0.1, 0.15) is 18.1 Å². The molecule has 1 fully saturated rings. The van der Waals surface area contributed by atoms with Crippen LogP contribution in [0.2, 0.25) is 0 Å². The zero-order valence-corrected chi connectivity index (χ0v) is 13.9. The summed E-state index contributed by atoms with van der Waals surface area (Å²) in [6.07, 6.45) is 2.97. The van der Waals surface area contributed by atoms with E-state index >= 15 is 0 Å². The van der Waals surface area contributed by atoms with Crippen LogP contribution in [-0.4, -0.2) is 54.1 Å². The first kappa shape index (κ1) is 15.3. The average molecular weight is 315 g/mol. The molecule has 0 spiro atoms. The minimum atomic E-state index is -0.113. The first-order valence-corrected chi connectivity index (χ1v) is 8.52. The van der Waals surface area contributed by atoms with E-state index in [-0.39, 0.29) is 5.91 Å². The lowest BCUT2D eigenvalue weighted by Gasteiger charge is -2.32. The number of amidine groups is 1. The Balaban J connectivity index is 1.69. The molecule has 0 atom stereocenters. The maximum absolute atomic E-state index is 12.1. The minimum Gasteiger partial charge on any atom is -0.348 e. The monoisotopic (exact) mass is 315 g/mol. The molecule has 1 aromatic rings. The molecule has 0 bridgehead atoms. The summed E-state index contributed by atoms with van der Waals surface area (Å²) >= 11 is 1.50. The van der Waals surface area contributed by atoms with Crippen molar-refractivity contribution in [2.75, 3.05) is 33.2 Å². The number of rotatable bonds is 2. The van der Waals surface area contributed by atoms with Gasteiger partial charge >= 0.3 is 0 Å². The van der Waals surface area contributed by atoms with Crippen molar-refractivity contribution in [2.45, 2.75) is 13.3 Å². The number of amides is 1. The highest BCUT2D eigenvalue weighted by molar-refractivity contribution is 8.18. The quantitative estimate of drug-likeness (QED) is 0.786. The zero-order chi connectivity index (χ0) is 15.5. The van der Waals surface area contributed by atoms with Gasteiger partial charge in [-0.25, -0.2) is 0 Å². The summed E-state index contributed by atoms with van der Waals surface area (Å²) in [5, 5.41) is 0.856. The first-order chi connectivity index (χ1) is 10.7. The van der Waals surface area contributed by atoms with E-state index in [1.165, 1.54) is 17.3 Å². The van der Waals surface area contributed by atoms with Gasteiger partial charge in [-0.1, -0.05) is 31.2 Å². The third-order valence-corrected chi connectivity index (χ3v) is 5.11. The van der Waals surface area contributed by atoms with Gasteiger partial charge < -0.3 is 9.80 Å². The van der Waals surface area contributed by atoms with Crippen LogP contribution in [0.5, 0.6) is 0 Å². The topological polar surface area (TPSA) is 35.9 Å². The number of hydrogen-bond acceptors (Lipinski definition) is 4. The fourth-order valence-electron chi connectivity index (χ4n) is 2.53. The molecule has 5 heteroatoms. The molecule has 0 unspecified atom stereocenters. The maximum Gasteiger partial charge on any atom is 0.286 e. The van der Waals surface area contributed by atoms with Crippen molar-refractivity contribution in [2.24, 2.45) is 4.99 Å². The van der Waals surface area contributed by atoms with E-state index in [0.29, 0.717) is 0 Å². The standard InChI is InChI=1S/C17H21N3OS/c1-3-13-4-6-14(7-5-13)12-15-16(21)18-17(22-15)20-10-8-19(2)9-11-20/h4-7,12H,3,8-11H2,1-2H3/b15-12-. The van der Waals surface area contributed by atoms with E-state index in [4.69, 9.17) is 0 Å². The van der Waals surface area contributed by atoms with Gasteiger partial charge in [-0.15, -0.1) is 0 Å². The van der Waals surface area contributed by atoms with Crippen molar-refractivity contribution in [1.82, 2.24) is 9.80 Å². The van der Waals surface area contributed by atoms with Crippen molar-refractivity contribution in [3.05, 3.63) is 40.3 Å². The SMILES string of the molecule is CCc1ccc(/C=C2\SC(N3CCN(C)CC3)=NC2=O)cc1. The Kier molecular flexibility index (Phi) is 4.64. The predicted octanol–water partition coefficient (Wildman–Crippen LogP) is 2.47. The Morgan fingerprint density at radius 3 is 2.50 bits per heavy atom. The lowest BCUT2D eigenvalue weighted by molar-refractivity contribution is -0.113. The maximum atomic E-state index is 12.1. The van der Waals surface area contributed by atoms with Crippen LogP contribution < -0.4 is 0 Å². The number of likely N-dealkylation sites (N-methyl/N-ethyl adjacent to an activating group) is 1. The van der Waals surface area contributed by atoms with Gasteiger partial charge in [-0.2, -0.15) is 4.99 Å². The zero-order valence-electron chi connectivity index (χ0n) is 13.1. The smallest absolute Gasteiger partial charge is 0.286 e. The Hall–Kier alpha value is -1.59. The molecule has 2 aliphatic heterocycles. The van der Waals surface area contributed by atoms with Crippen LogP contribution in [0, 0.1) is 0 Å². The molecule has 0 N–H and O–H groups in total. The van der Waals surface area contributed by atoms with Crippen LogP contribution in [0.15, 0.2) is 34.2 Å². The molecule has 0 radical (unpaired) electrons. The summed E-state index contributed by atoms with van der Waals surface area (Å²) in [5.41, 5.74) is 2.37. The van der Waals surface area contributed by atoms with E-state index in [2.05, 4.69) is 53.0 Å². The van der Waals surface area contributed by atoms with Gasteiger partial charge in [0, 0.05) is 26.2 Å². The number of carbonyl (C=O) groups excluding carboxylic acids is 1. The molecule has 4 nitrogen and oxygen atoms in total. The van der Waals surface area contributed by atoms with E-state index in [0.717, 1.165) is 48.2 Å². The van der Waals surface area contributed by atoms with E-state index < -0.39 is 0 Å². The number of aryl methyl sites for hydroxylation is 1. The summed E-state index contributed by atoms with van der Waals surface area (Å²) in [6, 6.07) is 8.35.